The van der Waals surface area contributed by atoms with Gasteiger partial charge in [-0.15, -0.1) is 0 Å². The number of benzene rings is 1. The summed E-state index contributed by atoms with van der Waals surface area (Å²) in [5, 5.41) is 4.46. The molecule has 162 valence electrons. The number of aryl methyl sites for hydroxylation is 2. The lowest BCUT2D eigenvalue weighted by Crippen LogP contribution is -2.32. The zero-order valence-electron chi connectivity index (χ0n) is 17.9. The maximum Gasteiger partial charge on any atom is 0.227 e. The van der Waals surface area contributed by atoms with Gasteiger partial charge in [-0.1, -0.05) is 28.9 Å². The Labute approximate surface area is 186 Å². The molecule has 8 nitrogen and oxygen atoms in total. The topological polar surface area (TPSA) is 88.3 Å². The molecule has 31 heavy (non-hydrogen) atoms. The van der Waals surface area contributed by atoms with Crippen LogP contribution in [0.25, 0.3) is 11.1 Å². The lowest BCUT2D eigenvalue weighted by molar-refractivity contribution is -0.132. The van der Waals surface area contributed by atoms with Gasteiger partial charge in [0.25, 0.3) is 0 Å². The van der Waals surface area contributed by atoms with Crippen LogP contribution in [0.5, 0.6) is 0 Å². The molecule has 1 saturated heterocycles. The number of carbonyl (C=O) groups is 1. The largest absolute Gasteiger partial charge is 0.347 e. The van der Waals surface area contributed by atoms with Crippen molar-refractivity contribution in [2.75, 3.05) is 25.5 Å². The number of nitrogens with zero attached hydrogens (tertiary/aromatic N) is 6. The minimum absolute atomic E-state index is 0.0606. The highest BCUT2D eigenvalue weighted by molar-refractivity contribution is 6.30. The quantitative estimate of drug-likeness (QED) is 0.575. The summed E-state index contributed by atoms with van der Waals surface area (Å²) in [5.74, 6) is 1.74. The van der Waals surface area contributed by atoms with Crippen molar-refractivity contribution in [3.8, 4) is 11.1 Å². The summed E-state index contributed by atoms with van der Waals surface area (Å²) in [5.41, 5.74) is 2.75. The molecule has 1 aromatic carbocycles. The van der Waals surface area contributed by atoms with Gasteiger partial charge in [0.05, 0.1) is 11.7 Å². The standard InChI is InChI=1S/C22H25ClN6O2/c1-14-25-19(31-27-14)10-11-20(30)29-12-4-5-18(29)21-17(13-24-22(26-21)28(2)3)15-6-8-16(23)9-7-15/h6-9,13,18H,4-5,10-12H2,1-3H3. The summed E-state index contributed by atoms with van der Waals surface area (Å²) in [6.07, 6.45) is 4.37. The molecule has 2 aromatic heterocycles. The number of hydrogen-bond donors (Lipinski definition) is 0. The van der Waals surface area contributed by atoms with Crippen molar-refractivity contribution < 1.29 is 9.32 Å². The Morgan fingerprint density at radius 2 is 2.03 bits per heavy atom. The molecule has 4 rings (SSSR count). The molecule has 0 aliphatic carbocycles. The molecule has 1 aliphatic rings. The van der Waals surface area contributed by atoms with Gasteiger partial charge in [-0.3, -0.25) is 4.79 Å². The molecule has 1 aliphatic heterocycles. The Morgan fingerprint density at radius 3 is 2.71 bits per heavy atom. The van der Waals surface area contributed by atoms with E-state index in [0.717, 1.165) is 29.7 Å². The first-order valence-electron chi connectivity index (χ1n) is 10.3. The first kappa shape index (κ1) is 21.2. The fourth-order valence-electron chi connectivity index (χ4n) is 3.86. The number of hydrogen-bond acceptors (Lipinski definition) is 7. The molecule has 0 radical (unpaired) electrons. The molecule has 3 heterocycles. The molecule has 0 spiro atoms. The second-order valence-electron chi connectivity index (χ2n) is 7.85. The Hall–Kier alpha value is -3.00. The smallest absolute Gasteiger partial charge is 0.227 e. The average molecular weight is 441 g/mol. The van der Waals surface area contributed by atoms with Crippen LogP contribution < -0.4 is 4.90 Å². The van der Waals surface area contributed by atoms with Crippen LogP contribution in [0.15, 0.2) is 35.0 Å². The van der Waals surface area contributed by atoms with E-state index in [1.54, 1.807) is 6.92 Å². The van der Waals surface area contributed by atoms with Gasteiger partial charge in [0.1, 0.15) is 0 Å². The van der Waals surface area contributed by atoms with Crippen molar-refractivity contribution in [2.45, 2.75) is 38.6 Å². The lowest BCUT2D eigenvalue weighted by atomic mass is 9.99. The molecule has 1 atom stereocenters. The number of halogens is 1. The summed E-state index contributed by atoms with van der Waals surface area (Å²) in [4.78, 5) is 30.4. The molecule has 1 fully saturated rings. The SMILES string of the molecule is Cc1noc(CCC(=O)N2CCCC2c2nc(N(C)C)ncc2-c2ccc(Cl)cc2)n1. The van der Waals surface area contributed by atoms with Crippen molar-refractivity contribution in [3.05, 3.63) is 52.9 Å². The number of amides is 1. The summed E-state index contributed by atoms with van der Waals surface area (Å²) in [6, 6.07) is 7.51. The van der Waals surface area contributed by atoms with Gasteiger partial charge >= 0.3 is 0 Å². The minimum Gasteiger partial charge on any atom is -0.347 e. The fourth-order valence-corrected chi connectivity index (χ4v) is 3.98. The predicted octanol–water partition coefficient (Wildman–Crippen LogP) is 3.85. The van der Waals surface area contributed by atoms with Crippen molar-refractivity contribution in [1.29, 1.82) is 0 Å². The van der Waals surface area contributed by atoms with E-state index >= 15 is 0 Å². The van der Waals surface area contributed by atoms with Gasteiger partial charge in [-0.2, -0.15) is 4.98 Å². The molecule has 0 N–H and O–H groups in total. The van der Waals surface area contributed by atoms with E-state index in [-0.39, 0.29) is 11.9 Å². The zero-order valence-corrected chi connectivity index (χ0v) is 18.6. The number of anilines is 1. The molecule has 0 saturated carbocycles. The Balaban J connectivity index is 1.63. The highest BCUT2D eigenvalue weighted by Crippen LogP contribution is 2.37. The van der Waals surface area contributed by atoms with E-state index in [9.17, 15) is 4.79 Å². The van der Waals surface area contributed by atoms with E-state index in [1.165, 1.54) is 0 Å². The van der Waals surface area contributed by atoms with Crippen LogP contribution in [0.1, 0.15) is 42.7 Å². The van der Waals surface area contributed by atoms with Crippen molar-refractivity contribution in [3.63, 3.8) is 0 Å². The highest BCUT2D eigenvalue weighted by Gasteiger charge is 2.33. The Bertz CT molecular complexity index is 1070. The van der Waals surface area contributed by atoms with Crippen molar-refractivity contribution >= 4 is 23.5 Å². The third kappa shape index (κ3) is 4.69. The highest BCUT2D eigenvalue weighted by atomic mass is 35.5. The second-order valence-corrected chi connectivity index (χ2v) is 8.29. The van der Waals surface area contributed by atoms with Crippen LogP contribution >= 0.6 is 11.6 Å². The number of carbonyl (C=O) groups excluding carboxylic acids is 1. The average Bonchev–Trinajstić information content (AvgIpc) is 3.41. The minimum atomic E-state index is -0.107. The zero-order chi connectivity index (χ0) is 22.0. The van der Waals surface area contributed by atoms with Crippen LogP contribution in [0.4, 0.5) is 5.95 Å². The van der Waals surface area contributed by atoms with E-state index in [2.05, 4.69) is 15.1 Å². The summed E-state index contributed by atoms with van der Waals surface area (Å²) >= 11 is 6.08. The van der Waals surface area contributed by atoms with Crippen LogP contribution in [-0.2, 0) is 11.2 Å². The molecule has 9 heteroatoms. The van der Waals surface area contributed by atoms with Gasteiger partial charge in [-0.25, -0.2) is 9.97 Å². The van der Waals surface area contributed by atoms with Crippen LogP contribution in [0.2, 0.25) is 5.02 Å². The van der Waals surface area contributed by atoms with E-state index in [4.69, 9.17) is 21.1 Å². The van der Waals surface area contributed by atoms with Gasteiger partial charge in [0.15, 0.2) is 5.82 Å². The van der Waals surface area contributed by atoms with Gasteiger partial charge in [0, 0.05) is 50.3 Å². The maximum atomic E-state index is 13.1. The molecule has 3 aromatic rings. The Morgan fingerprint density at radius 1 is 1.26 bits per heavy atom. The summed E-state index contributed by atoms with van der Waals surface area (Å²) in [7, 11) is 3.82. The lowest BCUT2D eigenvalue weighted by Gasteiger charge is -2.27. The van der Waals surface area contributed by atoms with Gasteiger partial charge in [0.2, 0.25) is 17.7 Å². The van der Waals surface area contributed by atoms with Crippen molar-refractivity contribution in [2.24, 2.45) is 0 Å². The summed E-state index contributed by atoms with van der Waals surface area (Å²) < 4.78 is 5.15. The summed E-state index contributed by atoms with van der Waals surface area (Å²) in [6.45, 7) is 2.47. The molecule has 0 bridgehead atoms. The molecular weight excluding hydrogens is 416 g/mol. The number of rotatable bonds is 6. The van der Waals surface area contributed by atoms with Gasteiger partial charge in [-0.05, 0) is 37.5 Å². The third-order valence-corrected chi connectivity index (χ3v) is 5.62. The van der Waals surface area contributed by atoms with E-state index in [1.807, 2.05) is 54.4 Å². The number of likely N-dealkylation sites (tertiary alicyclic amines) is 1. The molecule has 1 unspecified atom stereocenters. The van der Waals surface area contributed by atoms with E-state index < -0.39 is 0 Å². The first-order valence-corrected chi connectivity index (χ1v) is 10.7. The van der Waals surface area contributed by atoms with Crippen LogP contribution in [0.3, 0.4) is 0 Å². The molecule has 1 amide bonds. The monoisotopic (exact) mass is 440 g/mol. The fraction of sp³-hybridized carbons (Fsp3) is 0.409. The first-order chi connectivity index (χ1) is 14.9. The molecular formula is C22H25ClN6O2. The van der Waals surface area contributed by atoms with Crippen molar-refractivity contribution in [1.82, 2.24) is 25.0 Å². The Kier molecular flexibility index (Phi) is 6.18. The van der Waals surface area contributed by atoms with Crippen LogP contribution in [-0.4, -0.2) is 51.6 Å². The maximum absolute atomic E-state index is 13.1. The second kappa shape index (κ2) is 9.01. The normalized spacial score (nSPS) is 16.0. The van der Waals surface area contributed by atoms with Crippen LogP contribution in [0, 0.1) is 6.92 Å². The predicted molar refractivity (Wildman–Crippen MR) is 118 cm³/mol. The third-order valence-electron chi connectivity index (χ3n) is 5.37. The van der Waals surface area contributed by atoms with E-state index in [0.29, 0.717) is 42.1 Å². The van der Waals surface area contributed by atoms with Gasteiger partial charge < -0.3 is 14.3 Å². The number of aromatic nitrogens is 4.